The average Bonchev–Trinajstić information content (AvgIpc) is 2.66. The van der Waals surface area contributed by atoms with Crippen LogP contribution in [0.25, 0.3) is 10.9 Å². The minimum atomic E-state index is 0.591. The van der Waals surface area contributed by atoms with Gasteiger partial charge in [-0.2, -0.15) is 12.6 Å². The molecule has 2 N–H and O–H groups in total. The Labute approximate surface area is 95.5 Å². The Bertz CT molecular complexity index is 474. The van der Waals surface area contributed by atoms with E-state index >= 15 is 0 Å². The summed E-state index contributed by atoms with van der Waals surface area (Å²) in [4.78, 5) is 0. The summed E-state index contributed by atoms with van der Waals surface area (Å²) in [5, 5.41) is 1.29. The van der Waals surface area contributed by atoms with Gasteiger partial charge in [0.15, 0.2) is 0 Å². The van der Waals surface area contributed by atoms with Crippen molar-refractivity contribution in [3.05, 3.63) is 35.5 Å². The van der Waals surface area contributed by atoms with Gasteiger partial charge in [0.1, 0.15) is 0 Å². The topological polar surface area (TPSA) is 30.9 Å². The lowest BCUT2D eigenvalue weighted by Gasteiger charge is -2.05. The van der Waals surface area contributed by atoms with Crippen LogP contribution in [-0.2, 0) is 18.8 Å². The van der Waals surface area contributed by atoms with Gasteiger partial charge in [0.05, 0.1) is 5.52 Å². The maximum absolute atomic E-state index is 5.76. The van der Waals surface area contributed by atoms with Crippen molar-refractivity contribution in [3.8, 4) is 0 Å². The van der Waals surface area contributed by atoms with Crippen molar-refractivity contribution in [2.45, 2.75) is 25.8 Å². The molecule has 0 spiro atoms. The number of fused-ring (bicyclic) bond motifs is 1. The molecule has 80 valence electrons. The summed E-state index contributed by atoms with van der Waals surface area (Å²) in [5.41, 5.74) is 9.52. The second-order valence-electron chi connectivity index (χ2n) is 3.62. The van der Waals surface area contributed by atoms with E-state index in [1.807, 2.05) is 0 Å². The zero-order valence-electron chi connectivity index (χ0n) is 8.90. The van der Waals surface area contributed by atoms with Crippen LogP contribution in [0.5, 0.6) is 0 Å². The monoisotopic (exact) mass is 220 g/mol. The third-order valence-electron chi connectivity index (χ3n) is 2.80. The molecule has 0 aliphatic rings. The normalized spacial score (nSPS) is 11.1. The molecular weight excluding hydrogens is 204 g/mol. The summed E-state index contributed by atoms with van der Waals surface area (Å²) in [7, 11) is 0. The quantitative estimate of drug-likeness (QED) is 0.765. The molecule has 1 heterocycles. The zero-order valence-corrected chi connectivity index (χ0v) is 9.80. The standard InChI is InChI=1S/C12H16N2S/c1-2-14-7-10(8-15)11-5-3-4-9(6-13)12(11)14/h3-5,7,15H,2,6,8,13H2,1H3. The molecule has 0 fully saturated rings. The fourth-order valence-electron chi connectivity index (χ4n) is 2.05. The zero-order chi connectivity index (χ0) is 10.8. The van der Waals surface area contributed by atoms with Crippen molar-refractivity contribution in [2.24, 2.45) is 5.73 Å². The highest BCUT2D eigenvalue weighted by atomic mass is 32.1. The molecule has 2 rings (SSSR count). The van der Waals surface area contributed by atoms with E-state index in [0.29, 0.717) is 6.54 Å². The number of rotatable bonds is 3. The molecule has 0 bridgehead atoms. The molecule has 0 atom stereocenters. The Kier molecular flexibility index (Phi) is 3.03. The van der Waals surface area contributed by atoms with E-state index in [9.17, 15) is 0 Å². The summed E-state index contributed by atoms with van der Waals surface area (Å²) in [6.07, 6.45) is 2.18. The summed E-state index contributed by atoms with van der Waals surface area (Å²) >= 11 is 4.36. The van der Waals surface area contributed by atoms with Gasteiger partial charge in [0.2, 0.25) is 0 Å². The number of nitrogens with zero attached hydrogens (tertiary/aromatic N) is 1. The Morgan fingerprint density at radius 2 is 2.13 bits per heavy atom. The molecule has 0 aliphatic heterocycles. The molecule has 1 aromatic heterocycles. The molecule has 2 nitrogen and oxygen atoms in total. The lowest BCUT2D eigenvalue weighted by atomic mass is 10.1. The molecule has 0 radical (unpaired) electrons. The van der Waals surface area contributed by atoms with Crippen molar-refractivity contribution < 1.29 is 0 Å². The van der Waals surface area contributed by atoms with E-state index in [2.05, 4.69) is 48.5 Å². The van der Waals surface area contributed by atoms with Crippen LogP contribution in [0.2, 0.25) is 0 Å². The summed E-state index contributed by atoms with van der Waals surface area (Å²) in [6.45, 7) is 3.71. The molecule has 0 aliphatic carbocycles. The third-order valence-corrected chi connectivity index (χ3v) is 3.14. The van der Waals surface area contributed by atoms with E-state index in [1.54, 1.807) is 0 Å². The van der Waals surface area contributed by atoms with Crippen LogP contribution in [0, 0.1) is 0 Å². The van der Waals surface area contributed by atoms with Crippen LogP contribution in [-0.4, -0.2) is 4.57 Å². The third kappa shape index (κ3) is 1.66. The van der Waals surface area contributed by atoms with Gasteiger partial charge in [-0.1, -0.05) is 18.2 Å². The van der Waals surface area contributed by atoms with E-state index in [4.69, 9.17) is 5.73 Å². The fourth-order valence-corrected chi connectivity index (χ4v) is 2.30. The van der Waals surface area contributed by atoms with E-state index in [0.717, 1.165) is 12.3 Å². The maximum atomic E-state index is 5.76. The van der Waals surface area contributed by atoms with Crippen LogP contribution in [0.15, 0.2) is 24.4 Å². The molecule has 3 heteroatoms. The van der Waals surface area contributed by atoms with Gasteiger partial charge in [0, 0.05) is 30.4 Å². The van der Waals surface area contributed by atoms with Crippen LogP contribution in [0.4, 0.5) is 0 Å². The van der Waals surface area contributed by atoms with Crippen molar-refractivity contribution in [1.82, 2.24) is 4.57 Å². The van der Waals surface area contributed by atoms with E-state index in [-0.39, 0.29) is 0 Å². The lowest BCUT2D eigenvalue weighted by molar-refractivity contribution is 0.790. The smallest absolute Gasteiger partial charge is 0.0528 e. The lowest BCUT2D eigenvalue weighted by Crippen LogP contribution is -2.00. The largest absolute Gasteiger partial charge is 0.347 e. The molecule has 15 heavy (non-hydrogen) atoms. The number of nitrogens with two attached hydrogens (primary N) is 1. The van der Waals surface area contributed by atoms with Gasteiger partial charge in [0.25, 0.3) is 0 Å². The SMILES string of the molecule is CCn1cc(CS)c2cccc(CN)c21. The van der Waals surface area contributed by atoms with Crippen molar-refractivity contribution in [1.29, 1.82) is 0 Å². The number of hydrogen-bond acceptors (Lipinski definition) is 2. The fraction of sp³-hybridized carbons (Fsp3) is 0.333. The number of aromatic nitrogens is 1. The minimum Gasteiger partial charge on any atom is -0.347 e. The van der Waals surface area contributed by atoms with Crippen LogP contribution in [0.1, 0.15) is 18.1 Å². The van der Waals surface area contributed by atoms with Gasteiger partial charge < -0.3 is 10.3 Å². The van der Waals surface area contributed by atoms with E-state index in [1.165, 1.54) is 22.0 Å². The van der Waals surface area contributed by atoms with Gasteiger partial charge in [-0.25, -0.2) is 0 Å². The maximum Gasteiger partial charge on any atom is 0.0528 e. The number of para-hydroxylation sites is 1. The summed E-state index contributed by atoms with van der Waals surface area (Å²) < 4.78 is 2.25. The Balaban J connectivity index is 2.78. The highest BCUT2D eigenvalue weighted by Crippen LogP contribution is 2.25. The molecule has 0 saturated heterocycles. The molecule has 0 saturated carbocycles. The second-order valence-corrected chi connectivity index (χ2v) is 3.93. The number of aryl methyl sites for hydroxylation is 1. The first-order chi connectivity index (χ1) is 7.31. The predicted octanol–water partition coefficient (Wildman–Crippen LogP) is 2.55. The van der Waals surface area contributed by atoms with Crippen molar-refractivity contribution >= 4 is 23.5 Å². The number of hydrogen-bond donors (Lipinski definition) is 2. The number of benzene rings is 1. The Morgan fingerprint density at radius 3 is 2.73 bits per heavy atom. The van der Waals surface area contributed by atoms with E-state index < -0.39 is 0 Å². The van der Waals surface area contributed by atoms with Gasteiger partial charge >= 0.3 is 0 Å². The van der Waals surface area contributed by atoms with Gasteiger partial charge in [-0.15, -0.1) is 0 Å². The highest BCUT2D eigenvalue weighted by Gasteiger charge is 2.09. The first-order valence-corrected chi connectivity index (χ1v) is 5.85. The average molecular weight is 220 g/mol. The summed E-state index contributed by atoms with van der Waals surface area (Å²) in [5.74, 6) is 0.775. The first-order valence-electron chi connectivity index (χ1n) is 5.22. The van der Waals surface area contributed by atoms with Gasteiger partial charge in [-0.05, 0) is 18.1 Å². The van der Waals surface area contributed by atoms with Crippen LogP contribution >= 0.6 is 12.6 Å². The number of thiol groups is 1. The minimum absolute atomic E-state index is 0.591. The van der Waals surface area contributed by atoms with Crippen molar-refractivity contribution in [3.63, 3.8) is 0 Å². The predicted molar refractivity (Wildman–Crippen MR) is 68.2 cm³/mol. The Morgan fingerprint density at radius 1 is 1.33 bits per heavy atom. The molecule has 0 unspecified atom stereocenters. The van der Waals surface area contributed by atoms with Crippen LogP contribution < -0.4 is 5.73 Å². The van der Waals surface area contributed by atoms with Gasteiger partial charge in [-0.3, -0.25) is 0 Å². The van der Waals surface area contributed by atoms with Crippen molar-refractivity contribution in [2.75, 3.05) is 0 Å². The van der Waals surface area contributed by atoms with Crippen LogP contribution in [0.3, 0.4) is 0 Å². The highest BCUT2D eigenvalue weighted by molar-refractivity contribution is 7.79. The molecular formula is C12H16N2S. The molecule has 1 aromatic carbocycles. The first kappa shape index (κ1) is 10.6. The summed E-state index contributed by atoms with van der Waals surface area (Å²) in [6, 6.07) is 6.31. The second kappa shape index (κ2) is 4.29. The Hall–Kier alpha value is -0.930. The molecule has 0 amide bonds. The molecule has 2 aromatic rings.